The van der Waals surface area contributed by atoms with Gasteiger partial charge in [-0.25, -0.2) is 9.59 Å². The second-order valence-corrected chi connectivity index (χ2v) is 8.46. The van der Waals surface area contributed by atoms with E-state index in [0.717, 1.165) is 12.8 Å². The van der Waals surface area contributed by atoms with Gasteiger partial charge in [-0.2, -0.15) is 0 Å². The molecule has 1 fully saturated rings. The van der Waals surface area contributed by atoms with E-state index in [1.165, 1.54) is 12.2 Å². The molecule has 0 radical (unpaired) electrons. The zero-order chi connectivity index (χ0) is 19.3. The monoisotopic (exact) mass is 362 g/mol. The van der Waals surface area contributed by atoms with Gasteiger partial charge in [0, 0.05) is 29.1 Å². The molecule has 0 spiro atoms. The zero-order valence-electron chi connectivity index (χ0n) is 15.4. The third kappa shape index (κ3) is 2.90. The number of aliphatic hydroxyl groups is 1. The molecule has 6 nitrogen and oxygen atoms in total. The number of fused-ring (bicyclic) bond motifs is 1. The van der Waals surface area contributed by atoms with Crippen LogP contribution in [-0.4, -0.2) is 34.2 Å². The maximum atomic E-state index is 12.3. The minimum Gasteiger partial charge on any atom is -0.478 e. The number of allylic oxidation sites excluding steroid dienone is 1. The van der Waals surface area contributed by atoms with Gasteiger partial charge in [0.1, 0.15) is 0 Å². The lowest BCUT2D eigenvalue weighted by Crippen LogP contribution is -2.52. The largest absolute Gasteiger partial charge is 0.478 e. The van der Waals surface area contributed by atoms with E-state index in [-0.39, 0.29) is 22.7 Å². The highest BCUT2D eigenvalue weighted by atomic mass is 16.6. The summed E-state index contributed by atoms with van der Waals surface area (Å²) in [4.78, 5) is 35.4. The van der Waals surface area contributed by atoms with Crippen molar-refractivity contribution in [3.63, 3.8) is 0 Å². The average molecular weight is 362 g/mol. The molecule has 1 heterocycles. The molecule has 6 heteroatoms. The summed E-state index contributed by atoms with van der Waals surface area (Å²) in [5.74, 6) is -1.47. The van der Waals surface area contributed by atoms with Crippen molar-refractivity contribution in [3.05, 3.63) is 23.3 Å². The molecule has 5 atom stereocenters. The molecule has 2 N–H and O–H groups in total. The summed E-state index contributed by atoms with van der Waals surface area (Å²) in [6, 6.07) is 0. The van der Waals surface area contributed by atoms with Gasteiger partial charge in [0.15, 0.2) is 5.78 Å². The normalized spacial score (nSPS) is 39.8. The number of cyclic esters (lactones) is 1. The number of carboxylic acid groups (broad SMARTS) is 1. The maximum Gasteiger partial charge on any atom is 0.333 e. The molecule has 1 aliphatic heterocycles. The summed E-state index contributed by atoms with van der Waals surface area (Å²) in [6.07, 6.45) is 4.55. The Hall–Kier alpha value is -1.95. The maximum absolute atomic E-state index is 12.3. The van der Waals surface area contributed by atoms with E-state index in [4.69, 9.17) is 4.74 Å². The highest BCUT2D eigenvalue weighted by molar-refractivity contribution is 6.01. The number of rotatable bonds is 4. The van der Waals surface area contributed by atoms with Crippen molar-refractivity contribution in [3.8, 4) is 0 Å². The molecule has 3 rings (SSSR count). The second kappa shape index (κ2) is 6.34. The summed E-state index contributed by atoms with van der Waals surface area (Å²) in [7, 11) is 0. The fourth-order valence-electron chi connectivity index (χ4n) is 5.24. The van der Waals surface area contributed by atoms with Crippen LogP contribution in [0.3, 0.4) is 0 Å². The third-order valence-corrected chi connectivity index (χ3v) is 7.14. The van der Waals surface area contributed by atoms with Crippen LogP contribution in [0.5, 0.6) is 0 Å². The van der Waals surface area contributed by atoms with E-state index >= 15 is 0 Å². The fraction of sp³-hybridized carbons (Fsp3) is 0.650. The molecule has 2 unspecified atom stereocenters. The van der Waals surface area contributed by atoms with Crippen LogP contribution in [-0.2, 0) is 19.1 Å². The zero-order valence-corrected chi connectivity index (χ0v) is 15.4. The first kappa shape index (κ1) is 18.8. The SMILES string of the molecule is C[C@@H]1CC[C@@]2(C)C(C(=O)O)=CC(=O)CC2[C@@]1(C)CCC1=CC(=O)OC1O. The van der Waals surface area contributed by atoms with Crippen molar-refractivity contribution in [2.45, 2.75) is 59.2 Å². The predicted octanol–water partition coefficient (Wildman–Crippen LogP) is 2.61. The highest BCUT2D eigenvalue weighted by Crippen LogP contribution is 2.61. The number of hydrogen-bond acceptors (Lipinski definition) is 5. The number of ether oxygens (including phenoxy) is 1. The lowest BCUT2D eigenvalue weighted by atomic mass is 9.46. The van der Waals surface area contributed by atoms with Crippen molar-refractivity contribution >= 4 is 17.7 Å². The molecule has 26 heavy (non-hydrogen) atoms. The van der Waals surface area contributed by atoms with E-state index < -0.39 is 23.6 Å². The van der Waals surface area contributed by atoms with Gasteiger partial charge in [0.05, 0.1) is 0 Å². The van der Waals surface area contributed by atoms with E-state index in [2.05, 4.69) is 13.8 Å². The molecular weight excluding hydrogens is 336 g/mol. The van der Waals surface area contributed by atoms with Crippen molar-refractivity contribution in [2.24, 2.45) is 22.7 Å². The van der Waals surface area contributed by atoms with Crippen LogP contribution in [0, 0.1) is 22.7 Å². The van der Waals surface area contributed by atoms with Gasteiger partial charge in [-0.1, -0.05) is 20.8 Å². The Bertz CT molecular complexity index is 720. The van der Waals surface area contributed by atoms with Crippen LogP contribution < -0.4 is 0 Å². The van der Waals surface area contributed by atoms with E-state index in [0.29, 0.717) is 30.8 Å². The first-order chi connectivity index (χ1) is 12.1. The van der Waals surface area contributed by atoms with Gasteiger partial charge < -0.3 is 14.9 Å². The van der Waals surface area contributed by atoms with Crippen LogP contribution in [0.2, 0.25) is 0 Å². The van der Waals surface area contributed by atoms with Crippen LogP contribution in [0.25, 0.3) is 0 Å². The van der Waals surface area contributed by atoms with Crippen molar-refractivity contribution in [2.75, 3.05) is 0 Å². The number of esters is 1. The van der Waals surface area contributed by atoms with Crippen LogP contribution in [0.15, 0.2) is 23.3 Å². The number of ketones is 1. The van der Waals surface area contributed by atoms with Crippen molar-refractivity contribution in [1.29, 1.82) is 0 Å². The molecule has 0 saturated heterocycles. The third-order valence-electron chi connectivity index (χ3n) is 7.14. The van der Waals surface area contributed by atoms with Gasteiger partial charge in [-0.3, -0.25) is 4.79 Å². The number of carbonyl (C=O) groups excluding carboxylic acids is 2. The van der Waals surface area contributed by atoms with Gasteiger partial charge in [-0.15, -0.1) is 0 Å². The van der Waals surface area contributed by atoms with Gasteiger partial charge >= 0.3 is 11.9 Å². The van der Waals surface area contributed by atoms with Crippen LogP contribution >= 0.6 is 0 Å². The molecule has 0 aromatic rings. The standard InChI is InChI=1S/C20H26O6/c1-11-4-6-20(3)14(17(23)24)9-13(21)10-15(20)19(11,2)7-5-12-8-16(22)26-18(12)25/h8-9,11,15,18,25H,4-7,10H2,1-3H3,(H,23,24)/t11-,15?,18?,19+,20+/m1/s1. The molecule has 0 bridgehead atoms. The Kier molecular flexibility index (Phi) is 4.59. The summed E-state index contributed by atoms with van der Waals surface area (Å²) in [6.45, 7) is 6.22. The van der Waals surface area contributed by atoms with Crippen LogP contribution in [0.1, 0.15) is 52.9 Å². The number of aliphatic carboxylic acids is 1. The molecule has 142 valence electrons. The number of aliphatic hydroxyl groups excluding tert-OH is 1. The lowest BCUT2D eigenvalue weighted by molar-refractivity contribution is -0.151. The summed E-state index contributed by atoms with van der Waals surface area (Å²) < 4.78 is 4.75. The molecule has 2 aliphatic carbocycles. The predicted molar refractivity (Wildman–Crippen MR) is 92.9 cm³/mol. The molecule has 1 saturated carbocycles. The first-order valence-electron chi connectivity index (χ1n) is 9.15. The smallest absolute Gasteiger partial charge is 0.333 e. The Morgan fingerprint density at radius 3 is 2.58 bits per heavy atom. The summed E-state index contributed by atoms with van der Waals surface area (Å²) in [5.41, 5.74) is -0.0536. The fourth-order valence-corrected chi connectivity index (χ4v) is 5.24. The molecule has 3 aliphatic rings. The Morgan fingerprint density at radius 2 is 2.00 bits per heavy atom. The minimum atomic E-state index is -1.20. The number of carboxylic acids is 1. The molecular formula is C20H26O6. The van der Waals surface area contributed by atoms with Crippen molar-refractivity contribution < 1.29 is 29.3 Å². The lowest BCUT2D eigenvalue weighted by Gasteiger charge is -2.57. The van der Waals surface area contributed by atoms with E-state index in [1.807, 2.05) is 6.92 Å². The van der Waals surface area contributed by atoms with Gasteiger partial charge in [0.2, 0.25) is 6.29 Å². The molecule has 0 aromatic carbocycles. The van der Waals surface area contributed by atoms with Gasteiger partial charge in [0.25, 0.3) is 0 Å². The number of carbonyl (C=O) groups is 3. The Labute approximate surface area is 152 Å². The Morgan fingerprint density at radius 1 is 1.31 bits per heavy atom. The Balaban J connectivity index is 1.91. The molecule has 0 amide bonds. The highest BCUT2D eigenvalue weighted by Gasteiger charge is 2.56. The molecule has 0 aromatic heterocycles. The first-order valence-corrected chi connectivity index (χ1v) is 9.15. The quantitative estimate of drug-likeness (QED) is 0.746. The second-order valence-electron chi connectivity index (χ2n) is 8.46. The van der Waals surface area contributed by atoms with Gasteiger partial charge in [-0.05, 0) is 49.0 Å². The topological polar surface area (TPSA) is 101 Å². The average Bonchev–Trinajstić information content (AvgIpc) is 2.88. The minimum absolute atomic E-state index is 0.0851. The summed E-state index contributed by atoms with van der Waals surface area (Å²) in [5, 5.41) is 19.5. The van der Waals surface area contributed by atoms with Crippen LogP contribution in [0.4, 0.5) is 0 Å². The van der Waals surface area contributed by atoms with E-state index in [1.54, 1.807) is 0 Å². The van der Waals surface area contributed by atoms with Crippen molar-refractivity contribution in [1.82, 2.24) is 0 Å². The number of hydrogen-bond donors (Lipinski definition) is 2. The van der Waals surface area contributed by atoms with E-state index in [9.17, 15) is 24.6 Å². The summed E-state index contributed by atoms with van der Waals surface area (Å²) >= 11 is 0.